The zero-order valence-electron chi connectivity index (χ0n) is 14.4. The lowest BCUT2D eigenvalue weighted by Crippen LogP contribution is -2.03. The molecule has 0 radical (unpaired) electrons. The van der Waals surface area contributed by atoms with Crippen molar-refractivity contribution in [1.82, 2.24) is 20.0 Å². The van der Waals surface area contributed by atoms with Crippen molar-refractivity contribution in [3.63, 3.8) is 0 Å². The SMILES string of the molecule is CS(=O)(=O)c1cc(-c2ccc(F)cc2)c2ccc(Cn3ccnn3)cc2n1. The third-order valence-electron chi connectivity index (χ3n) is 4.20. The summed E-state index contributed by atoms with van der Waals surface area (Å²) in [5, 5.41) is 8.48. The first-order chi connectivity index (χ1) is 12.9. The Labute approximate surface area is 155 Å². The van der Waals surface area contributed by atoms with Crippen LogP contribution in [0.25, 0.3) is 22.0 Å². The van der Waals surface area contributed by atoms with Crippen molar-refractivity contribution in [2.24, 2.45) is 0 Å². The molecule has 0 aliphatic heterocycles. The lowest BCUT2D eigenvalue weighted by atomic mass is 10.00. The maximum atomic E-state index is 13.3. The number of hydrogen-bond acceptors (Lipinski definition) is 5. The van der Waals surface area contributed by atoms with Crippen molar-refractivity contribution >= 4 is 20.7 Å². The van der Waals surface area contributed by atoms with E-state index in [0.29, 0.717) is 17.6 Å². The molecule has 136 valence electrons. The summed E-state index contributed by atoms with van der Waals surface area (Å²) in [6.07, 6.45) is 4.46. The number of aromatic nitrogens is 4. The Morgan fingerprint density at radius 2 is 1.85 bits per heavy atom. The molecular formula is C19H15FN4O2S. The highest BCUT2D eigenvalue weighted by atomic mass is 32.2. The molecule has 0 spiro atoms. The van der Waals surface area contributed by atoms with E-state index in [-0.39, 0.29) is 10.8 Å². The molecule has 8 heteroatoms. The molecule has 0 saturated heterocycles. The Morgan fingerprint density at radius 1 is 1.07 bits per heavy atom. The maximum Gasteiger partial charge on any atom is 0.192 e. The van der Waals surface area contributed by atoms with Gasteiger partial charge in [0, 0.05) is 17.8 Å². The van der Waals surface area contributed by atoms with Crippen LogP contribution in [-0.4, -0.2) is 34.7 Å². The van der Waals surface area contributed by atoms with Crippen molar-refractivity contribution in [1.29, 1.82) is 0 Å². The topological polar surface area (TPSA) is 77.7 Å². The molecule has 4 rings (SSSR count). The van der Waals surface area contributed by atoms with Crippen LogP contribution in [-0.2, 0) is 16.4 Å². The van der Waals surface area contributed by atoms with Crippen LogP contribution in [0.15, 0.2) is 66.0 Å². The van der Waals surface area contributed by atoms with Crippen molar-refractivity contribution in [3.8, 4) is 11.1 Å². The second-order valence-electron chi connectivity index (χ2n) is 6.24. The van der Waals surface area contributed by atoms with E-state index < -0.39 is 9.84 Å². The highest BCUT2D eigenvalue weighted by Gasteiger charge is 2.15. The van der Waals surface area contributed by atoms with Crippen LogP contribution in [0, 0.1) is 5.82 Å². The van der Waals surface area contributed by atoms with Gasteiger partial charge in [-0.15, -0.1) is 5.10 Å². The fraction of sp³-hybridized carbons (Fsp3) is 0.105. The second kappa shape index (κ2) is 6.55. The Morgan fingerprint density at radius 3 is 2.52 bits per heavy atom. The predicted molar refractivity (Wildman–Crippen MR) is 99.4 cm³/mol. The molecule has 0 aliphatic carbocycles. The van der Waals surface area contributed by atoms with E-state index >= 15 is 0 Å². The van der Waals surface area contributed by atoms with Crippen LogP contribution in [0.3, 0.4) is 0 Å². The average Bonchev–Trinajstić information content (AvgIpc) is 3.13. The number of sulfone groups is 1. The molecule has 27 heavy (non-hydrogen) atoms. The summed E-state index contributed by atoms with van der Waals surface area (Å²) >= 11 is 0. The van der Waals surface area contributed by atoms with Crippen molar-refractivity contribution in [2.45, 2.75) is 11.6 Å². The number of rotatable bonds is 4. The van der Waals surface area contributed by atoms with Crippen molar-refractivity contribution in [2.75, 3.05) is 6.26 Å². The minimum atomic E-state index is -3.51. The van der Waals surface area contributed by atoms with Gasteiger partial charge < -0.3 is 0 Å². The minimum absolute atomic E-state index is 0.0211. The van der Waals surface area contributed by atoms with Gasteiger partial charge in [0.2, 0.25) is 0 Å². The monoisotopic (exact) mass is 382 g/mol. The first-order valence-corrected chi connectivity index (χ1v) is 10.0. The minimum Gasteiger partial charge on any atom is -0.248 e. The zero-order valence-corrected chi connectivity index (χ0v) is 15.2. The fourth-order valence-corrected chi connectivity index (χ4v) is 3.51. The highest BCUT2D eigenvalue weighted by molar-refractivity contribution is 7.90. The number of pyridine rings is 1. The molecule has 4 aromatic rings. The first kappa shape index (κ1) is 17.3. The van der Waals surface area contributed by atoms with Gasteiger partial charge in [-0.2, -0.15) is 0 Å². The van der Waals surface area contributed by atoms with Gasteiger partial charge in [0.05, 0.1) is 18.3 Å². The summed E-state index contributed by atoms with van der Waals surface area (Å²) in [5.74, 6) is -0.351. The standard InChI is InChI=1S/C19H15FN4O2S/c1-27(25,26)19-11-17(14-3-5-15(20)6-4-14)16-7-2-13(10-18(16)22-19)12-24-9-8-21-23-24/h2-11H,12H2,1H3. The van der Waals surface area contributed by atoms with Crippen LogP contribution in [0.1, 0.15) is 5.56 Å². The number of hydrogen-bond donors (Lipinski definition) is 0. The molecule has 2 aromatic heterocycles. The summed E-state index contributed by atoms with van der Waals surface area (Å²) < 4.78 is 39.2. The largest absolute Gasteiger partial charge is 0.248 e. The molecule has 0 saturated carbocycles. The third-order valence-corrected chi connectivity index (χ3v) is 5.17. The number of halogens is 1. The van der Waals surface area contributed by atoms with Gasteiger partial charge in [0.1, 0.15) is 5.82 Å². The Balaban J connectivity index is 1.91. The zero-order chi connectivity index (χ0) is 19.0. The van der Waals surface area contributed by atoms with Crippen molar-refractivity contribution < 1.29 is 12.8 Å². The molecule has 2 aromatic carbocycles. The van der Waals surface area contributed by atoms with Crippen LogP contribution in [0.5, 0.6) is 0 Å². The maximum absolute atomic E-state index is 13.3. The van der Waals surface area contributed by atoms with Gasteiger partial charge in [0.15, 0.2) is 14.9 Å². The Bertz CT molecular complexity index is 1220. The average molecular weight is 382 g/mol. The summed E-state index contributed by atoms with van der Waals surface area (Å²) in [6, 6.07) is 13.1. The van der Waals surface area contributed by atoms with E-state index in [1.165, 1.54) is 18.2 Å². The Kier molecular flexibility index (Phi) is 4.19. The molecule has 0 atom stereocenters. The van der Waals surface area contributed by atoms with E-state index in [9.17, 15) is 12.8 Å². The summed E-state index contributed by atoms with van der Waals surface area (Å²) in [7, 11) is -3.51. The van der Waals surface area contributed by atoms with Crippen LogP contribution < -0.4 is 0 Å². The number of fused-ring (bicyclic) bond motifs is 1. The lowest BCUT2D eigenvalue weighted by Gasteiger charge is -2.11. The van der Waals surface area contributed by atoms with E-state index in [0.717, 1.165) is 22.8 Å². The number of nitrogens with zero attached hydrogens (tertiary/aromatic N) is 4. The Hall–Kier alpha value is -3.13. The predicted octanol–water partition coefficient (Wildman–Crippen LogP) is 3.08. The van der Waals surface area contributed by atoms with Gasteiger partial charge in [-0.3, -0.25) is 0 Å². The quantitative estimate of drug-likeness (QED) is 0.542. The molecule has 0 bridgehead atoms. The van der Waals surface area contributed by atoms with Gasteiger partial charge in [-0.05, 0) is 41.0 Å². The van der Waals surface area contributed by atoms with E-state index in [1.54, 1.807) is 29.2 Å². The normalized spacial score (nSPS) is 11.8. The number of benzene rings is 2. The van der Waals surface area contributed by atoms with Gasteiger partial charge in [-0.25, -0.2) is 22.5 Å². The van der Waals surface area contributed by atoms with Crippen LogP contribution in [0.4, 0.5) is 4.39 Å². The van der Waals surface area contributed by atoms with Gasteiger partial charge in [0.25, 0.3) is 0 Å². The summed E-state index contributed by atoms with van der Waals surface area (Å²) in [5.41, 5.74) is 2.87. The molecule has 0 aliphatic rings. The lowest BCUT2D eigenvalue weighted by molar-refractivity contribution is 0.598. The molecule has 6 nitrogen and oxygen atoms in total. The van der Waals surface area contributed by atoms with Crippen LogP contribution in [0.2, 0.25) is 0 Å². The van der Waals surface area contributed by atoms with E-state index in [4.69, 9.17) is 0 Å². The summed E-state index contributed by atoms with van der Waals surface area (Å²) in [6.45, 7) is 0.493. The van der Waals surface area contributed by atoms with E-state index in [1.807, 2.05) is 18.2 Å². The first-order valence-electron chi connectivity index (χ1n) is 8.14. The van der Waals surface area contributed by atoms with Gasteiger partial charge in [-0.1, -0.05) is 29.5 Å². The van der Waals surface area contributed by atoms with E-state index in [2.05, 4.69) is 15.3 Å². The molecular weight excluding hydrogens is 367 g/mol. The fourth-order valence-electron chi connectivity index (χ4n) is 2.91. The molecule has 0 N–H and O–H groups in total. The van der Waals surface area contributed by atoms with Crippen LogP contribution >= 0.6 is 0 Å². The molecule has 0 unspecified atom stereocenters. The molecule has 2 heterocycles. The second-order valence-corrected chi connectivity index (χ2v) is 8.20. The highest BCUT2D eigenvalue weighted by Crippen LogP contribution is 2.31. The smallest absolute Gasteiger partial charge is 0.192 e. The van der Waals surface area contributed by atoms with Gasteiger partial charge >= 0.3 is 0 Å². The van der Waals surface area contributed by atoms with Crippen molar-refractivity contribution in [3.05, 3.63) is 72.3 Å². The third kappa shape index (κ3) is 3.56. The molecule has 0 amide bonds. The molecule has 0 fully saturated rings. The summed E-state index contributed by atoms with van der Waals surface area (Å²) in [4.78, 5) is 4.33.